The molecular formula is C21H25N3O. The Balaban J connectivity index is 1.44. The van der Waals surface area contributed by atoms with E-state index < -0.39 is 0 Å². The normalized spacial score (nSPS) is 17.6. The van der Waals surface area contributed by atoms with Crippen LogP contribution in [0.15, 0.2) is 42.5 Å². The second-order valence-electron chi connectivity index (χ2n) is 7.16. The third-order valence-corrected chi connectivity index (χ3v) is 5.17. The molecule has 0 bridgehead atoms. The molecule has 130 valence electrons. The molecule has 0 spiro atoms. The Bertz CT molecular complexity index is 763. The molecule has 4 nitrogen and oxygen atoms in total. The molecule has 1 saturated heterocycles. The number of hydrogen-bond acceptors (Lipinski definition) is 3. The average Bonchev–Trinajstić information content (AvgIpc) is 3.05. The summed E-state index contributed by atoms with van der Waals surface area (Å²) in [6.45, 7) is 8.34. The van der Waals surface area contributed by atoms with Gasteiger partial charge in [-0.25, -0.2) is 0 Å². The van der Waals surface area contributed by atoms with Crippen molar-refractivity contribution >= 4 is 5.91 Å². The number of carbonyl (C=O) groups is 1. The van der Waals surface area contributed by atoms with E-state index >= 15 is 0 Å². The van der Waals surface area contributed by atoms with Gasteiger partial charge >= 0.3 is 0 Å². The van der Waals surface area contributed by atoms with Crippen LogP contribution in [0.2, 0.25) is 0 Å². The summed E-state index contributed by atoms with van der Waals surface area (Å²) in [5, 5.41) is 3.29. The lowest BCUT2D eigenvalue weighted by Crippen LogP contribution is -2.46. The average molecular weight is 335 g/mol. The standard InChI is InChI=1S/C21H25N3O/c1-16-2-4-17(5-3-16)13-23-14-19-7-6-18(12-20(19)15-23)21(25)24-10-8-22-9-11-24/h2-7,12,22H,8-11,13-15H2,1H3. The SMILES string of the molecule is Cc1ccc(CN2Cc3ccc(C(=O)N4CCNCC4)cc3C2)cc1. The van der Waals surface area contributed by atoms with Crippen LogP contribution in [-0.2, 0) is 19.6 Å². The molecule has 4 rings (SSSR count). The second kappa shape index (κ2) is 6.98. The molecular weight excluding hydrogens is 310 g/mol. The van der Waals surface area contributed by atoms with E-state index in [1.807, 2.05) is 11.0 Å². The minimum Gasteiger partial charge on any atom is -0.336 e. The number of rotatable bonds is 3. The van der Waals surface area contributed by atoms with E-state index in [2.05, 4.69) is 53.5 Å². The summed E-state index contributed by atoms with van der Waals surface area (Å²) in [5.41, 5.74) is 6.12. The lowest BCUT2D eigenvalue weighted by molar-refractivity contribution is 0.0735. The van der Waals surface area contributed by atoms with Crippen molar-refractivity contribution in [2.75, 3.05) is 26.2 Å². The van der Waals surface area contributed by atoms with Crippen LogP contribution in [0, 0.1) is 6.92 Å². The molecule has 1 N–H and O–H groups in total. The Morgan fingerprint density at radius 1 is 1.00 bits per heavy atom. The number of nitrogens with one attached hydrogen (secondary N) is 1. The molecule has 2 aromatic rings. The van der Waals surface area contributed by atoms with E-state index in [0.717, 1.165) is 51.4 Å². The first kappa shape index (κ1) is 16.3. The van der Waals surface area contributed by atoms with E-state index in [1.54, 1.807) is 0 Å². The maximum Gasteiger partial charge on any atom is 0.253 e. The van der Waals surface area contributed by atoms with Crippen LogP contribution in [-0.4, -0.2) is 41.9 Å². The number of aryl methyl sites for hydroxylation is 1. The highest BCUT2D eigenvalue weighted by atomic mass is 16.2. The van der Waals surface area contributed by atoms with Crippen LogP contribution in [0.25, 0.3) is 0 Å². The number of fused-ring (bicyclic) bond motifs is 1. The van der Waals surface area contributed by atoms with Gasteiger partial charge in [0.1, 0.15) is 0 Å². The largest absolute Gasteiger partial charge is 0.336 e. The number of amides is 1. The summed E-state index contributed by atoms with van der Waals surface area (Å²) in [6, 6.07) is 15.0. The Morgan fingerprint density at radius 3 is 2.48 bits per heavy atom. The molecule has 0 aliphatic carbocycles. The first-order valence-corrected chi connectivity index (χ1v) is 9.09. The summed E-state index contributed by atoms with van der Waals surface area (Å²) in [4.78, 5) is 17.1. The fourth-order valence-electron chi connectivity index (χ4n) is 3.71. The molecule has 0 radical (unpaired) electrons. The third-order valence-electron chi connectivity index (χ3n) is 5.17. The van der Waals surface area contributed by atoms with Crippen molar-refractivity contribution in [1.82, 2.24) is 15.1 Å². The van der Waals surface area contributed by atoms with Gasteiger partial charge in [-0.1, -0.05) is 35.9 Å². The van der Waals surface area contributed by atoms with Gasteiger partial charge in [0, 0.05) is 51.4 Å². The molecule has 1 fully saturated rings. The molecule has 2 aromatic carbocycles. The van der Waals surface area contributed by atoms with Gasteiger partial charge in [-0.15, -0.1) is 0 Å². The maximum atomic E-state index is 12.7. The van der Waals surface area contributed by atoms with E-state index in [0.29, 0.717) is 0 Å². The van der Waals surface area contributed by atoms with Crippen molar-refractivity contribution in [1.29, 1.82) is 0 Å². The monoisotopic (exact) mass is 335 g/mol. The minimum atomic E-state index is 0.168. The van der Waals surface area contributed by atoms with Crippen LogP contribution < -0.4 is 5.32 Å². The van der Waals surface area contributed by atoms with Crippen LogP contribution in [0.4, 0.5) is 0 Å². The van der Waals surface area contributed by atoms with Crippen LogP contribution in [0.3, 0.4) is 0 Å². The van der Waals surface area contributed by atoms with Crippen LogP contribution in [0.5, 0.6) is 0 Å². The Kier molecular flexibility index (Phi) is 4.55. The predicted octanol–water partition coefficient (Wildman–Crippen LogP) is 2.56. The van der Waals surface area contributed by atoms with Gasteiger partial charge in [0.25, 0.3) is 5.91 Å². The highest BCUT2D eigenvalue weighted by Crippen LogP contribution is 2.26. The Morgan fingerprint density at radius 2 is 1.72 bits per heavy atom. The summed E-state index contributed by atoms with van der Waals surface area (Å²) < 4.78 is 0. The van der Waals surface area contributed by atoms with Gasteiger partial charge in [0.15, 0.2) is 0 Å². The van der Waals surface area contributed by atoms with Gasteiger partial charge in [0.05, 0.1) is 0 Å². The third kappa shape index (κ3) is 3.60. The minimum absolute atomic E-state index is 0.168. The maximum absolute atomic E-state index is 12.7. The number of benzene rings is 2. The van der Waals surface area contributed by atoms with E-state index in [4.69, 9.17) is 0 Å². The highest BCUT2D eigenvalue weighted by Gasteiger charge is 2.23. The smallest absolute Gasteiger partial charge is 0.253 e. The van der Waals surface area contributed by atoms with Crippen molar-refractivity contribution in [3.05, 3.63) is 70.3 Å². The number of carbonyl (C=O) groups excluding carboxylic acids is 1. The van der Waals surface area contributed by atoms with Crippen molar-refractivity contribution < 1.29 is 4.79 Å². The summed E-state index contributed by atoms with van der Waals surface area (Å²) in [7, 11) is 0. The zero-order valence-corrected chi connectivity index (χ0v) is 14.8. The van der Waals surface area contributed by atoms with Crippen molar-refractivity contribution in [3.63, 3.8) is 0 Å². The van der Waals surface area contributed by atoms with Crippen LogP contribution >= 0.6 is 0 Å². The summed E-state index contributed by atoms with van der Waals surface area (Å²) in [5.74, 6) is 0.168. The van der Waals surface area contributed by atoms with E-state index in [1.165, 1.54) is 22.3 Å². The zero-order valence-electron chi connectivity index (χ0n) is 14.8. The molecule has 2 aliphatic rings. The lowest BCUT2D eigenvalue weighted by Gasteiger charge is -2.27. The fourth-order valence-corrected chi connectivity index (χ4v) is 3.71. The molecule has 2 heterocycles. The van der Waals surface area contributed by atoms with E-state index in [9.17, 15) is 4.79 Å². The molecule has 25 heavy (non-hydrogen) atoms. The van der Waals surface area contributed by atoms with Gasteiger partial charge in [-0.3, -0.25) is 9.69 Å². The number of piperazine rings is 1. The van der Waals surface area contributed by atoms with Crippen LogP contribution in [0.1, 0.15) is 32.6 Å². The second-order valence-corrected chi connectivity index (χ2v) is 7.16. The van der Waals surface area contributed by atoms with Crippen molar-refractivity contribution in [2.24, 2.45) is 0 Å². The lowest BCUT2D eigenvalue weighted by atomic mass is 10.1. The van der Waals surface area contributed by atoms with Gasteiger partial charge in [0.2, 0.25) is 0 Å². The predicted molar refractivity (Wildman–Crippen MR) is 99.3 cm³/mol. The molecule has 1 amide bonds. The van der Waals surface area contributed by atoms with Gasteiger partial charge in [-0.2, -0.15) is 0 Å². The first-order chi connectivity index (χ1) is 12.2. The quantitative estimate of drug-likeness (QED) is 0.936. The molecule has 0 unspecified atom stereocenters. The van der Waals surface area contributed by atoms with E-state index in [-0.39, 0.29) is 5.91 Å². The topological polar surface area (TPSA) is 35.6 Å². The number of hydrogen-bond donors (Lipinski definition) is 1. The Hall–Kier alpha value is -2.17. The first-order valence-electron chi connectivity index (χ1n) is 9.09. The number of nitrogens with zero attached hydrogens (tertiary/aromatic N) is 2. The molecule has 2 aliphatic heterocycles. The molecule has 0 aromatic heterocycles. The molecule has 0 atom stereocenters. The zero-order chi connectivity index (χ0) is 17.2. The summed E-state index contributed by atoms with van der Waals surface area (Å²) >= 11 is 0. The summed E-state index contributed by atoms with van der Waals surface area (Å²) in [6.07, 6.45) is 0. The Labute approximate surface area is 149 Å². The molecule has 4 heteroatoms. The highest BCUT2D eigenvalue weighted by molar-refractivity contribution is 5.94. The molecule has 0 saturated carbocycles. The fraction of sp³-hybridized carbons (Fsp3) is 0.381. The van der Waals surface area contributed by atoms with Gasteiger partial charge in [-0.05, 0) is 35.7 Å². The van der Waals surface area contributed by atoms with Gasteiger partial charge < -0.3 is 10.2 Å². The van der Waals surface area contributed by atoms with Crippen molar-refractivity contribution in [2.45, 2.75) is 26.6 Å². The van der Waals surface area contributed by atoms with Crippen molar-refractivity contribution in [3.8, 4) is 0 Å².